The number of aromatic nitrogens is 4. The van der Waals surface area contributed by atoms with E-state index in [1.54, 1.807) is 33.8 Å². The number of nitrogens with zero attached hydrogens (tertiary/aromatic N) is 5. The molecular formula is C26H27FN6O3. The summed E-state index contributed by atoms with van der Waals surface area (Å²) in [6, 6.07) is 13.5. The molecule has 5 rings (SSSR count). The van der Waals surface area contributed by atoms with Crippen molar-refractivity contribution in [1.82, 2.24) is 24.6 Å². The van der Waals surface area contributed by atoms with Crippen LogP contribution in [0.2, 0.25) is 0 Å². The molecule has 0 aliphatic carbocycles. The summed E-state index contributed by atoms with van der Waals surface area (Å²) in [6.45, 7) is 6.44. The SMILES string of the molecule is CC(C)(C)OC(=O)N1CC[C@@H](n2nc(-c3ccc(Oc4ccccc4)c(F)c3)c3c(N)ncnc32)C1. The van der Waals surface area contributed by atoms with Crippen LogP contribution < -0.4 is 10.5 Å². The molecule has 1 aliphatic heterocycles. The molecule has 1 fully saturated rings. The summed E-state index contributed by atoms with van der Waals surface area (Å²) in [4.78, 5) is 22.8. The van der Waals surface area contributed by atoms with E-state index in [4.69, 9.17) is 20.3 Å². The summed E-state index contributed by atoms with van der Waals surface area (Å²) >= 11 is 0. The molecule has 3 heterocycles. The normalized spacial score (nSPS) is 15.9. The molecule has 10 heteroatoms. The molecule has 0 unspecified atom stereocenters. The monoisotopic (exact) mass is 490 g/mol. The second-order valence-electron chi connectivity index (χ2n) is 9.68. The molecule has 0 saturated carbocycles. The Kier molecular flexibility index (Phi) is 5.95. The first-order valence-corrected chi connectivity index (χ1v) is 11.7. The third-order valence-corrected chi connectivity index (χ3v) is 5.86. The molecule has 2 aromatic heterocycles. The Morgan fingerprint density at radius 1 is 1.14 bits per heavy atom. The molecule has 2 aromatic carbocycles. The Balaban J connectivity index is 1.47. The van der Waals surface area contributed by atoms with Crippen LogP contribution in [0.15, 0.2) is 54.9 Å². The molecule has 1 saturated heterocycles. The van der Waals surface area contributed by atoms with Crippen molar-refractivity contribution in [2.45, 2.75) is 38.8 Å². The lowest BCUT2D eigenvalue weighted by atomic mass is 10.1. The summed E-state index contributed by atoms with van der Waals surface area (Å²) in [5, 5.41) is 5.31. The number of fused-ring (bicyclic) bond motifs is 1. The highest BCUT2D eigenvalue weighted by atomic mass is 19.1. The fraction of sp³-hybridized carbons (Fsp3) is 0.308. The molecule has 1 amide bonds. The number of ether oxygens (including phenoxy) is 2. The molecule has 0 radical (unpaired) electrons. The second-order valence-corrected chi connectivity index (χ2v) is 9.68. The van der Waals surface area contributed by atoms with Gasteiger partial charge in [-0.05, 0) is 57.5 Å². The summed E-state index contributed by atoms with van der Waals surface area (Å²) < 4.78 is 28.0. The van der Waals surface area contributed by atoms with Gasteiger partial charge in [-0.25, -0.2) is 23.8 Å². The number of anilines is 1. The number of carbonyl (C=O) groups excluding carboxylic acids is 1. The fourth-order valence-electron chi connectivity index (χ4n) is 4.23. The molecule has 1 aliphatic rings. The molecule has 1 atom stereocenters. The number of rotatable bonds is 4. The van der Waals surface area contributed by atoms with Crippen LogP contribution in [-0.4, -0.2) is 49.4 Å². The van der Waals surface area contributed by atoms with Crippen molar-refractivity contribution in [2.24, 2.45) is 0 Å². The Labute approximate surface area is 207 Å². The number of amides is 1. The van der Waals surface area contributed by atoms with Gasteiger partial charge in [-0.15, -0.1) is 0 Å². The van der Waals surface area contributed by atoms with Crippen LogP contribution in [0.1, 0.15) is 33.2 Å². The average Bonchev–Trinajstić information content (AvgIpc) is 3.46. The number of carbonyl (C=O) groups is 1. The number of para-hydroxylation sites is 1. The van der Waals surface area contributed by atoms with Gasteiger partial charge >= 0.3 is 6.09 Å². The second kappa shape index (κ2) is 9.10. The van der Waals surface area contributed by atoms with Crippen LogP contribution in [0.25, 0.3) is 22.3 Å². The summed E-state index contributed by atoms with van der Waals surface area (Å²) in [5.41, 5.74) is 7.14. The number of nitrogen functional groups attached to an aromatic ring is 1. The molecule has 9 nitrogen and oxygen atoms in total. The Morgan fingerprint density at radius 2 is 1.92 bits per heavy atom. The molecule has 4 aromatic rings. The largest absolute Gasteiger partial charge is 0.454 e. The number of likely N-dealkylation sites (tertiary alicyclic amines) is 1. The van der Waals surface area contributed by atoms with Gasteiger partial charge in [0.25, 0.3) is 0 Å². The zero-order valence-electron chi connectivity index (χ0n) is 20.3. The van der Waals surface area contributed by atoms with E-state index < -0.39 is 11.4 Å². The van der Waals surface area contributed by atoms with E-state index in [1.165, 1.54) is 12.4 Å². The standard InChI is InChI=1S/C26H27FN6O3/c1-26(2,3)36-25(34)32-12-11-17(14-32)33-24-21(23(28)29-15-30-24)22(31-33)16-9-10-20(19(27)13-16)35-18-7-5-4-6-8-18/h4-10,13,15,17H,11-12,14H2,1-3H3,(H2,28,29,30)/t17-/m1/s1. The van der Waals surface area contributed by atoms with E-state index in [9.17, 15) is 4.79 Å². The van der Waals surface area contributed by atoms with Crippen LogP contribution in [0.4, 0.5) is 15.0 Å². The van der Waals surface area contributed by atoms with Crippen molar-refractivity contribution in [1.29, 1.82) is 0 Å². The number of hydrogen-bond acceptors (Lipinski definition) is 7. The molecule has 36 heavy (non-hydrogen) atoms. The van der Waals surface area contributed by atoms with Gasteiger partial charge in [0.15, 0.2) is 17.2 Å². The Bertz CT molecular complexity index is 1420. The van der Waals surface area contributed by atoms with Crippen LogP contribution in [0.5, 0.6) is 11.5 Å². The number of nitrogens with two attached hydrogens (primary N) is 1. The van der Waals surface area contributed by atoms with Crippen molar-refractivity contribution < 1.29 is 18.7 Å². The molecule has 2 N–H and O–H groups in total. The lowest BCUT2D eigenvalue weighted by Crippen LogP contribution is -2.35. The van der Waals surface area contributed by atoms with Crippen molar-refractivity contribution in [3.63, 3.8) is 0 Å². The van der Waals surface area contributed by atoms with Crippen molar-refractivity contribution >= 4 is 22.9 Å². The highest BCUT2D eigenvalue weighted by Crippen LogP contribution is 2.36. The highest BCUT2D eigenvalue weighted by Gasteiger charge is 2.33. The third-order valence-electron chi connectivity index (χ3n) is 5.86. The van der Waals surface area contributed by atoms with Gasteiger partial charge in [-0.1, -0.05) is 18.2 Å². The van der Waals surface area contributed by atoms with Crippen LogP contribution in [0, 0.1) is 5.82 Å². The maximum Gasteiger partial charge on any atom is 0.410 e. The van der Waals surface area contributed by atoms with Gasteiger partial charge in [0.05, 0.1) is 11.4 Å². The fourth-order valence-corrected chi connectivity index (χ4v) is 4.23. The smallest absolute Gasteiger partial charge is 0.410 e. The van der Waals surface area contributed by atoms with Gasteiger partial charge in [0.2, 0.25) is 0 Å². The predicted molar refractivity (Wildman–Crippen MR) is 133 cm³/mol. The molecule has 186 valence electrons. The van der Waals surface area contributed by atoms with Crippen molar-refractivity contribution in [2.75, 3.05) is 18.8 Å². The zero-order chi connectivity index (χ0) is 25.4. The first-order valence-electron chi connectivity index (χ1n) is 11.7. The lowest BCUT2D eigenvalue weighted by molar-refractivity contribution is 0.0288. The van der Waals surface area contributed by atoms with Crippen molar-refractivity contribution in [3.05, 3.63) is 60.7 Å². The van der Waals surface area contributed by atoms with Crippen LogP contribution >= 0.6 is 0 Å². The maximum atomic E-state index is 15.0. The zero-order valence-corrected chi connectivity index (χ0v) is 20.3. The average molecular weight is 491 g/mol. The highest BCUT2D eigenvalue weighted by molar-refractivity contribution is 5.98. The number of hydrogen-bond donors (Lipinski definition) is 1. The van der Waals surface area contributed by atoms with Gasteiger partial charge in [-0.3, -0.25) is 0 Å². The summed E-state index contributed by atoms with van der Waals surface area (Å²) in [5.74, 6) is 0.341. The predicted octanol–water partition coefficient (Wildman–Crippen LogP) is 5.19. The molecule has 0 bridgehead atoms. The molecular weight excluding hydrogens is 463 g/mol. The first-order chi connectivity index (χ1) is 17.2. The van der Waals surface area contributed by atoms with E-state index in [-0.39, 0.29) is 23.7 Å². The van der Waals surface area contributed by atoms with Crippen LogP contribution in [-0.2, 0) is 4.74 Å². The van der Waals surface area contributed by atoms with E-state index in [2.05, 4.69) is 9.97 Å². The van der Waals surface area contributed by atoms with Gasteiger partial charge in [-0.2, -0.15) is 5.10 Å². The first kappa shape index (κ1) is 23.5. The number of benzene rings is 2. The van der Waals surface area contributed by atoms with E-state index >= 15 is 4.39 Å². The Hall–Kier alpha value is -4.21. The minimum Gasteiger partial charge on any atom is -0.454 e. The van der Waals surface area contributed by atoms with Crippen LogP contribution in [0.3, 0.4) is 0 Å². The van der Waals surface area contributed by atoms with E-state index in [1.807, 2.05) is 39.0 Å². The quantitative estimate of drug-likeness (QED) is 0.419. The minimum atomic E-state index is -0.580. The minimum absolute atomic E-state index is 0.0988. The van der Waals surface area contributed by atoms with Gasteiger partial charge in [0, 0.05) is 18.7 Å². The summed E-state index contributed by atoms with van der Waals surface area (Å²) in [7, 11) is 0. The van der Waals surface area contributed by atoms with Gasteiger partial charge < -0.3 is 20.1 Å². The third kappa shape index (κ3) is 4.66. The molecule has 0 spiro atoms. The number of halogens is 1. The topological polar surface area (TPSA) is 108 Å². The van der Waals surface area contributed by atoms with E-state index in [0.29, 0.717) is 47.6 Å². The van der Waals surface area contributed by atoms with E-state index in [0.717, 1.165) is 0 Å². The maximum absolute atomic E-state index is 15.0. The lowest BCUT2D eigenvalue weighted by Gasteiger charge is -2.24. The Morgan fingerprint density at radius 3 is 2.64 bits per heavy atom. The summed E-state index contributed by atoms with van der Waals surface area (Å²) in [6.07, 6.45) is 1.67. The van der Waals surface area contributed by atoms with Crippen molar-refractivity contribution in [3.8, 4) is 22.8 Å². The van der Waals surface area contributed by atoms with Gasteiger partial charge in [0.1, 0.15) is 29.2 Å².